The van der Waals surface area contributed by atoms with Gasteiger partial charge in [0.15, 0.2) is 11.6 Å². The molecule has 0 saturated heterocycles. The molecule has 0 aromatic carbocycles. The molecule has 3 heterocycles. The molecule has 1 N–H and O–H groups in total. The first-order chi connectivity index (χ1) is 12.1. The van der Waals surface area contributed by atoms with Crippen LogP contribution in [-0.2, 0) is 17.9 Å². The molecule has 3 rings (SSSR count). The van der Waals surface area contributed by atoms with E-state index < -0.39 is 0 Å². The number of amides is 1. The van der Waals surface area contributed by atoms with Crippen LogP contribution in [0, 0.1) is 13.8 Å². The molecular weight excluding hydrogens is 320 g/mol. The van der Waals surface area contributed by atoms with Crippen LogP contribution in [0.4, 0.5) is 0 Å². The van der Waals surface area contributed by atoms with Crippen LogP contribution in [0.25, 0.3) is 5.82 Å². The SMILES string of the molecule is COCc1ccc(C(=O)NCc2ccc(-n3nc(C)cc3C)nc2)o1. The first kappa shape index (κ1) is 16.9. The van der Waals surface area contributed by atoms with E-state index in [4.69, 9.17) is 9.15 Å². The number of nitrogens with zero attached hydrogens (tertiary/aromatic N) is 3. The number of pyridine rings is 1. The van der Waals surface area contributed by atoms with E-state index in [0.29, 0.717) is 18.9 Å². The Morgan fingerprint density at radius 2 is 2.12 bits per heavy atom. The Morgan fingerprint density at radius 3 is 2.76 bits per heavy atom. The van der Waals surface area contributed by atoms with Gasteiger partial charge in [-0.2, -0.15) is 5.10 Å². The van der Waals surface area contributed by atoms with Gasteiger partial charge in [0.05, 0.1) is 5.69 Å². The van der Waals surface area contributed by atoms with Gasteiger partial charge in [-0.1, -0.05) is 6.07 Å². The van der Waals surface area contributed by atoms with E-state index in [1.165, 1.54) is 0 Å². The first-order valence-electron chi connectivity index (χ1n) is 7.91. The molecule has 1 amide bonds. The molecular formula is C18H20N4O3. The maximum atomic E-state index is 12.1. The van der Waals surface area contributed by atoms with E-state index in [0.717, 1.165) is 22.8 Å². The number of rotatable bonds is 6. The summed E-state index contributed by atoms with van der Waals surface area (Å²) in [5, 5.41) is 7.21. The number of furan rings is 1. The van der Waals surface area contributed by atoms with Crippen molar-refractivity contribution in [1.82, 2.24) is 20.1 Å². The number of aromatic nitrogens is 3. The standard InChI is InChI=1S/C18H20N4O3/c1-12-8-13(2)22(21-12)17-7-4-14(9-19-17)10-20-18(23)16-6-5-15(25-16)11-24-3/h4-9H,10-11H2,1-3H3,(H,20,23). The van der Waals surface area contributed by atoms with Crippen LogP contribution in [0.1, 0.15) is 33.3 Å². The number of ether oxygens (including phenoxy) is 1. The summed E-state index contributed by atoms with van der Waals surface area (Å²) < 4.78 is 12.2. The van der Waals surface area contributed by atoms with Gasteiger partial charge in [0, 0.05) is 25.5 Å². The molecule has 0 unspecified atom stereocenters. The predicted octanol–water partition coefficient (Wildman–Crippen LogP) is 2.55. The lowest BCUT2D eigenvalue weighted by molar-refractivity contribution is 0.0914. The molecule has 3 aromatic heterocycles. The van der Waals surface area contributed by atoms with Gasteiger partial charge in [-0.05, 0) is 43.7 Å². The number of aryl methyl sites for hydroxylation is 2. The fourth-order valence-electron chi connectivity index (χ4n) is 2.50. The minimum absolute atomic E-state index is 0.263. The summed E-state index contributed by atoms with van der Waals surface area (Å²) in [6.07, 6.45) is 1.73. The molecule has 3 aromatic rings. The van der Waals surface area contributed by atoms with Gasteiger partial charge in [-0.15, -0.1) is 0 Å². The molecule has 0 atom stereocenters. The van der Waals surface area contributed by atoms with Gasteiger partial charge in [-0.25, -0.2) is 9.67 Å². The molecule has 0 aliphatic heterocycles. The number of methoxy groups -OCH3 is 1. The van der Waals surface area contributed by atoms with E-state index in [2.05, 4.69) is 15.4 Å². The number of carbonyl (C=O) groups is 1. The Balaban J connectivity index is 1.61. The van der Waals surface area contributed by atoms with E-state index in [1.54, 1.807) is 30.1 Å². The molecule has 0 aliphatic carbocycles. The van der Waals surface area contributed by atoms with E-state index >= 15 is 0 Å². The van der Waals surface area contributed by atoms with Gasteiger partial charge in [0.25, 0.3) is 5.91 Å². The second kappa shape index (κ2) is 7.31. The molecule has 130 valence electrons. The quantitative estimate of drug-likeness (QED) is 0.746. The zero-order chi connectivity index (χ0) is 17.8. The van der Waals surface area contributed by atoms with Crippen LogP contribution >= 0.6 is 0 Å². The van der Waals surface area contributed by atoms with E-state index in [9.17, 15) is 4.79 Å². The zero-order valence-electron chi connectivity index (χ0n) is 14.4. The molecule has 0 fully saturated rings. The molecule has 0 aliphatic rings. The van der Waals surface area contributed by atoms with Crippen LogP contribution < -0.4 is 5.32 Å². The van der Waals surface area contributed by atoms with Crippen molar-refractivity contribution in [2.45, 2.75) is 27.0 Å². The topological polar surface area (TPSA) is 82.2 Å². The lowest BCUT2D eigenvalue weighted by Crippen LogP contribution is -2.22. The highest BCUT2D eigenvalue weighted by Gasteiger charge is 2.11. The zero-order valence-corrected chi connectivity index (χ0v) is 14.4. The van der Waals surface area contributed by atoms with Gasteiger partial charge >= 0.3 is 0 Å². The van der Waals surface area contributed by atoms with Crippen molar-refractivity contribution in [3.63, 3.8) is 0 Å². The van der Waals surface area contributed by atoms with Crippen LogP contribution in [-0.4, -0.2) is 27.8 Å². The largest absolute Gasteiger partial charge is 0.453 e. The predicted molar refractivity (Wildman–Crippen MR) is 91.4 cm³/mol. The third-order valence-electron chi connectivity index (χ3n) is 3.66. The smallest absolute Gasteiger partial charge is 0.287 e. The molecule has 0 bridgehead atoms. The summed E-state index contributed by atoms with van der Waals surface area (Å²) >= 11 is 0. The van der Waals surface area contributed by atoms with Crippen molar-refractivity contribution >= 4 is 5.91 Å². The van der Waals surface area contributed by atoms with Crippen molar-refractivity contribution < 1.29 is 13.9 Å². The maximum Gasteiger partial charge on any atom is 0.287 e. The van der Waals surface area contributed by atoms with Crippen molar-refractivity contribution in [2.24, 2.45) is 0 Å². The summed E-state index contributed by atoms with van der Waals surface area (Å²) in [5.41, 5.74) is 2.86. The first-order valence-corrected chi connectivity index (χ1v) is 7.91. The van der Waals surface area contributed by atoms with Gasteiger partial charge in [0.1, 0.15) is 12.4 Å². The lowest BCUT2D eigenvalue weighted by Gasteiger charge is -2.06. The second-order valence-corrected chi connectivity index (χ2v) is 5.75. The van der Waals surface area contributed by atoms with Crippen LogP contribution in [0.5, 0.6) is 0 Å². The minimum Gasteiger partial charge on any atom is -0.453 e. The Kier molecular flexibility index (Phi) is 4.95. The second-order valence-electron chi connectivity index (χ2n) is 5.75. The lowest BCUT2D eigenvalue weighted by atomic mass is 10.2. The van der Waals surface area contributed by atoms with E-state index in [-0.39, 0.29) is 11.7 Å². The van der Waals surface area contributed by atoms with Gasteiger partial charge in [0.2, 0.25) is 0 Å². The third-order valence-corrected chi connectivity index (χ3v) is 3.66. The molecule has 7 heteroatoms. The summed E-state index contributed by atoms with van der Waals surface area (Å²) in [5.74, 6) is 1.35. The van der Waals surface area contributed by atoms with Gasteiger partial charge in [-0.3, -0.25) is 4.79 Å². The van der Waals surface area contributed by atoms with Crippen molar-refractivity contribution in [3.8, 4) is 5.82 Å². The highest BCUT2D eigenvalue weighted by Crippen LogP contribution is 2.11. The highest BCUT2D eigenvalue weighted by atomic mass is 16.5. The number of hydrogen-bond acceptors (Lipinski definition) is 5. The number of hydrogen-bond donors (Lipinski definition) is 1. The normalized spacial score (nSPS) is 10.8. The average Bonchev–Trinajstić information content (AvgIpc) is 3.20. The third kappa shape index (κ3) is 3.95. The Bertz CT molecular complexity index is 865. The van der Waals surface area contributed by atoms with E-state index in [1.807, 2.05) is 32.0 Å². The summed E-state index contributed by atoms with van der Waals surface area (Å²) in [4.78, 5) is 16.5. The Labute approximate surface area is 145 Å². The molecule has 25 heavy (non-hydrogen) atoms. The van der Waals surface area contributed by atoms with Crippen molar-refractivity contribution in [3.05, 3.63) is 65.0 Å². The number of carbonyl (C=O) groups excluding carboxylic acids is 1. The monoisotopic (exact) mass is 340 g/mol. The number of nitrogens with one attached hydrogen (secondary N) is 1. The molecule has 7 nitrogen and oxygen atoms in total. The fourth-order valence-corrected chi connectivity index (χ4v) is 2.50. The van der Waals surface area contributed by atoms with Crippen LogP contribution in [0.15, 0.2) is 40.9 Å². The average molecular weight is 340 g/mol. The highest BCUT2D eigenvalue weighted by molar-refractivity contribution is 5.91. The Morgan fingerprint density at radius 1 is 1.28 bits per heavy atom. The molecule has 0 spiro atoms. The minimum atomic E-state index is -0.273. The van der Waals surface area contributed by atoms with Crippen molar-refractivity contribution in [2.75, 3.05) is 7.11 Å². The fraction of sp³-hybridized carbons (Fsp3) is 0.278. The Hall–Kier alpha value is -2.93. The summed E-state index contributed by atoms with van der Waals surface area (Å²) in [6, 6.07) is 9.15. The summed E-state index contributed by atoms with van der Waals surface area (Å²) in [6.45, 7) is 4.63. The van der Waals surface area contributed by atoms with Crippen LogP contribution in [0.2, 0.25) is 0 Å². The maximum absolute atomic E-state index is 12.1. The molecule has 0 saturated carbocycles. The van der Waals surface area contributed by atoms with Crippen molar-refractivity contribution in [1.29, 1.82) is 0 Å². The van der Waals surface area contributed by atoms with Gasteiger partial charge < -0.3 is 14.5 Å². The van der Waals surface area contributed by atoms with Crippen LogP contribution in [0.3, 0.4) is 0 Å². The molecule has 0 radical (unpaired) electrons. The summed E-state index contributed by atoms with van der Waals surface area (Å²) in [7, 11) is 1.57.